The largest absolute Gasteiger partial charge is 0.466 e. The van der Waals surface area contributed by atoms with Crippen LogP contribution in [0.5, 0.6) is 0 Å². The lowest BCUT2D eigenvalue weighted by molar-refractivity contribution is -0.151. The predicted molar refractivity (Wildman–Crippen MR) is 74.6 cm³/mol. The highest BCUT2D eigenvalue weighted by molar-refractivity contribution is 5.79. The highest BCUT2D eigenvalue weighted by Crippen LogP contribution is 2.21. The van der Waals surface area contributed by atoms with E-state index in [1.165, 1.54) is 0 Å². The quantitative estimate of drug-likeness (QED) is 0.696. The first-order valence-corrected chi connectivity index (χ1v) is 7.55. The van der Waals surface area contributed by atoms with Gasteiger partial charge >= 0.3 is 5.97 Å². The molecule has 1 amide bonds. The van der Waals surface area contributed by atoms with E-state index in [2.05, 4.69) is 6.92 Å². The number of nitrogens with zero attached hydrogens (tertiary/aromatic N) is 1. The van der Waals surface area contributed by atoms with Gasteiger partial charge in [0.1, 0.15) is 0 Å². The molecule has 1 rings (SSSR count). The lowest BCUT2D eigenvalue weighted by Crippen LogP contribution is -2.42. The number of amides is 1. The van der Waals surface area contributed by atoms with Gasteiger partial charge in [-0.2, -0.15) is 0 Å². The summed E-state index contributed by atoms with van der Waals surface area (Å²) in [6, 6.07) is 0. The Morgan fingerprint density at radius 2 is 1.89 bits per heavy atom. The van der Waals surface area contributed by atoms with Gasteiger partial charge in [0.25, 0.3) is 0 Å². The molecule has 0 spiro atoms. The van der Waals surface area contributed by atoms with Crippen LogP contribution in [0.15, 0.2) is 0 Å². The van der Waals surface area contributed by atoms with Crippen LogP contribution in [0.4, 0.5) is 0 Å². The second-order valence-corrected chi connectivity index (χ2v) is 5.39. The molecule has 1 saturated heterocycles. The van der Waals surface area contributed by atoms with Crippen molar-refractivity contribution in [2.24, 2.45) is 11.8 Å². The molecule has 4 heteroatoms. The second-order valence-electron chi connectivity index (χ2n) is 5.39. The smallest absolute Gasteiger partial charge is 0.309 e. The zero-order valence-corrected chi connectivity index (χ0v) is 12.5. The van der Waals surface area contributed by atoms with Crippen molar-refractivity contribution in [3.63, 3.8) is 0 Å². The molecule has 110 valence electrons. The van der Waals surface area contributed by atoms with Crippen molar-refractivity contribution in [2.75, 3.05) is 19.7 Å². The standard InChI is InChI=1S/C15H27NO3/c1-4-6-7-12(3)14(17)16-10-8-13(9-11-16)15(18)19-5-2/h12-13H,4-11H2,1-3H3. The topological polar surface area (TPSA) is 46.6 Å². The minimum Gasteiger partial charge on any atom is -0.466 e. The number of carbonyl (C=O) groups excluding carboxylic acids is 2. The van der Waals surface area contributed by atoms with Crippen molar-refractivity contribution >= 4 is 11.9 Å². The molecular weight excluding hydrogens is 242 g/mol. The van der Waals surface area contributed by atoms with Crippen LogP contribution >= 0.6 is 0 Å². The molecule has 0 aromatic heterocycles. The molecule has 0 bridgehead atoms. The Kier molecular flexibility index (Phi) is 6.89. The summed E-state index contributed by atoms with van der Waals surface area (Å²) in [5.41, 5.74) is 0. The van der Waals surface area contributed by atoms with Gasteiger partial charge in [0.15, 0.2) is 0 Å². The first kappa shape index (κ1) is 16.0. The number of esters is 1. The number of ether oxygens (including phenoxy) is 1. The van der Waals surface area contributed by atoms with Crippen molar-refractivity contribution in [2.45, 2.75) is 52.9 Å². The maximum Gasteiger partial charge on any atom is 0.309 e. The summed E-state index contributed by atoms with van der Waals surface area (Å²) in [6.45, 7) is 7.80. The zero-order valence-electron chi connectivity index (χ0n) is 12.5. The van der Waals surface area contributed by atoms with Gasteiger partial charge in [-0.1, -0.05) is 26.7 Å². The van der Waals surface area contributed by atoms with Gasteiger partial charge in [-0.05, 0) is 26.2 Å². The third-order valence-corrected chi connectivity index (χ3v) is 3.84. The third kappa shape index (κ3) is 4.84. The Bertz CT molecular complexity index is 296. The third-order valence-electron chi connectivity index (χ3n) is 3.84. The summed E-state index contributed by atoms with van der Waals surface area (Å²) < 4.78 is 5.04. The molecule has 1 fully saturated rings. The summed E-state index contributed by atoms with van der Waals surface area (Å²) in [6.07, 6.45) is 4.68. The monoisotopic (exact) mass is 269 g/mol. The highest BCUT2D eigenvalue weighted by Gasteiger charge is 2.29. The van der Waals surface area contributed by atoms with E-state index < -0.39 is 0 Å². The first-order valence-electron chi connectivity index (χ1n) is 7.55. The van der Waals surface area contributed by atoms with Crippen molar-refractivity contribution in [1.82, 2.24) is 4.90 Å². The van der Waals surface area contributed by atoms with Crippen LogP contribution in [0.2, 0.25) is 0 Å². The maximum absolute atomic E-state index is 12.2. The number of carbonyl (C=O) groups is 2. The molecule has 0 aromatic rings. The van der Waals surface area contributed by atoms with Gasteiger partial charge in [0.2, 0.25) is 5.91 Å². The van der Waals surface area contributed by atoms with E-state index in [-0.39, 0.29) is 23.7 Å². The molecule has 1 aliphatic rings. The van der Waals surface area contributed by atoms with Crippen LogP contribution in [0, 0.1) is 11.8 Å². The molecule has 0 saturated carbocycles. The second kappa shape index (κ2) is 8.18. The van der Waals surface area contributed by atoms with E-state index in [9.17, 15) is 9.59 Å². The minimum absolute atomic E-state index is 0.0186. The van der Waals surface area contributed by atoms with Gasteiger partial charge in [0, 0.05) is 19.0 Å². The molecule has 0 aliphatic carbocycles. The van der Waals surface area contributed by atoms with Crippen LogP contribution in [-0.2, 0) is 14.3 Å². The van der Waals surface area contributed by atoms with Gasteiger partial charge in [0.05, 0.1) is 12.5 Å². The molecule has 0 N–H and O–H groups in total. The SMILES string of the molecule is CCCCC(C)C(=O)N1CCC(C(=O)OCC)CC1. The fourth-order valence-electron chi connectivity index (χ4n) is 2.54. The van der Waals surface area contributed by atoms with E-state index in [1.54, 1.807) is 0 Å². The molecule has 0 radical (unpaired) electrons. The molecule has 4 nitrogen and oxygen atoms in total. The predicted octanol–water partition coefficient (Wildman–Crippen LogP) is 2.61. The number of likely N-dealkylation sites (tertiary alicyclic amines) is 1. The number of hydrogen-bond donors (Lipinski definition) is 0. The normalized spacial score (nSPS) is 18.2. The lowest BCUT2D eigenvalue weighted by atomic mass is 9.95. The van der Waals surface area contributed by atoms with Crippen LogP contribution in [0.1, 0.15) is 52.9 Å². The number of hydrogen-bond acceptors (Lipinski definition) is 3. The molecule has 1 atom stereocenters. The maximum atomic E-state index is 12.2. The van der Waals surface area contributed by atoms with E-state index >= 15 is 0 Å². The lowest BCUT2D eigenvalue weighted by Gasteiger charge is -2.32. The van der Waals surface area contributed by atoms with E-state index in [1.807, 2.05) is 18.7 Å². The van der Waals surface area contributed by atoms with Crippen molar-refractivity contribution in [3.05, 3.63) is 0 Å². The van der Waals surface area contributed by atoms with Crippen LogP contribution in [-0.4, -0.2) is 36.5 Å². The van der Waals surface area contributed by atoms with Gasteiger partial charge in [-0.15, -0.1) is 0 Å². The fraction of sp³-hybridized carbons (Fsp3) is 0.867. The minimum atomic E-state index is -0.103. The van der Waals surface area contributed by atoms with Crippen molar-refractivity contribution in [1.29, 1.82) is 0 Å². The van der Waals surface area contributed by atoms with Gasteiger partial charge in [-0.3, -0.25) is 9.59 Å². The highest BCUT2D eigenvalue weighted by atomic mass is 16.5. The van der Waals surface area contributed by atoms with Crippen LogP contribution in [0.3, 0.4) is 0 Å². The summed E-state index contributed by atoms with van der Waals surface area (Å²) >= 11 is 0. The van der Waals surface area contributed by atoms with Crippen LogP contribution in [0.25, 0.3) is 0 Å². The van der Waals surface area contributed by atoms with E-state index in [0.29, 0.717) is 19.7 Å². The Labute approximate surface area is 116 Å². The summed E-state index contributed by atoms with van der Waals surface area (Å²) in [7, 11) is 0. The average Bonchev–Trinajstić information content (AvgIpc) is 2.44. The molecule has 1 unspecified atom stereocenters. The summed E-state index contributed by atoms with van der Waals surface area (Å²) in [4.78, 5) is 25.8. The Morgan fingerprint density at radius 3 is 2.42 bits per heavy atom. The zero-order chi connectivity index (χ0) is 14.3. The number of piperidine rings is 1. The molecular formula is C15H27NO3. The fourth-order valence-corrected chi connectivity index (χ4v) is 2.54. The molecule has 1 aliphatic heterocycles. The number of unbranched alkanes of at least 4 members (excludes halogenated alkanes) is 1. The van der Waals surface area contributed by atoms with E-state index in [0.717, 1.165) is 32.1 Å². The van der Waals surface area contributed by atoms with Gasteiger partial charge < -0.3 is 9.64 Å². The summed E-state index contributed by atoms with van der Waals surface area (Å²) in [5.74, 6) is 0.235. The van der Waals surface area contributed by atoms with Crippen molar-refractivity contribution in [3.8, 4) is 0 Å². The summed E-state index contributed by atoms with van der Waals surface area (Å²) in [5, 5.41) is 0. The van der Waals surface area contributed by atoms with Crippen molar-refractivity contribution < 1.29 is 14.3 Å². The average molecular weight is 269 g/mol. The first-order chi connectivity index (χ1) is 9.10. The van der Waals surface area contributed by atoms with Gasteiger partial charge in [-0.25, -0.2) is 0 Å². The Balaban J connectivity index is 2.36. The molecule has 19 heavy (non-hydrogen) atoms. The molecule has 0 aromatic carbocycles. The van der Waals surface area contributed by atoms with E-state index in [4.69, 9.17) is 4.74 Å². The van der Waals surface area contributed by atoms with Crippen LogP contribution < -0.4 is 0 Å². The Hall–Kier alpha value is -1.06. The Morgan fingerprint density at radius 1 is 1.26 bits per heavy atom. The number of rotatable bonds is 6. The molecule has 1 heterocycles.